The van der Waals surface area contributed by atoms with E-state index in [9.17, 15) is 4.79 Å². The molecule has 102 valence electrons. The van der Waals surface area contributed by atoms with Crippen molar-refractivity contribution in [1.29, 1.82) is 0 Å². The van der Waals surface area contributed by atoms with Gasteiger partial charge in [-0.25, -0.2) is 4.98 Å². The first-order chi connectivity index (χ1) is 9.13. The van der Waals surface area contributed by atoms with Crippen LogP contribution in [0.4, 0.5) is 0 Å². The molecule has 3 rings (SSSR count). The molecule has 1 saturated carbocycles. The van der Waals surface area contributed by atoms with Crippen molar-refractivity contribution in [1.82, 2.24) is 15.2 Å². The monoisotopic (exact) mass is 299 g/mol. The number of amides is 1. The Balaban J connectivity index is 1.63. The number of pyridine rings is 1. The number of hydrogen-bond acceptors (Lipinski definition) is 3. The highest BCUT2D eigenvalue weighted by Gasteiger charge is 2.35. The van der Waals surface area contributed by atoms with Gasteiger partial charge in [-0.2, -0.15) is 0 Å². The molecule has 0 radical (unpaired) electrons. The predicted molar refractivity (Wildman–Crippen MR) is 74.7 cm³/mol. The summed E-state index contributed by atoms with van der Waals surface area (Å²) in [4.78, 5) is 18.6. The number of aromatic nitrogens is 1. The summed E-state index contributed by atoms with van der Waals surface area (Å²) in [6.45, 7) is 1.99. The van der Waals surface area contributed by atoms with Crippen molar-refractivity contribution < 1.29 is 4.79 Å². The number of hydrogen-bond donors (Lipinski definition) is 1. The first-order valence-electron chi connectivity index (χ1n) is 6.50. The first kappa shape index (κ1) is 13.2. The third-order valence-electron chi connectivity index (χ3n) is 3.65. The van der Waals surface area contributed by atoms with Crippen LogP contribution < -0.4 is 5.32 Å². The third-order valence-corrected chi connectivity index (χ3v) is 4.16. The fourth-order valence-corrected chi connectivity index (χ4v) is 2.85. The van der Waals surface area contributed by atoms with E-state index in [2.05, 4.69) is 15.2 Å². The zero-order chi connectivity index (χ0) is 13.4. The lowest BCUT2D eigenvalue weighted by Gasteiger charge is -2.15. The lowest BCUT2D eigenvalue weighted by molar-refractivity contribution is 0.0932. The van der Waals surface area contributed by atoms with E-state index in [1.807, 2.05) is 0 Å². The van der Waals surface area contributed by atoms with Gasteiger partial charge in [-0.1, -0.05) is 23.2 Å². The van der Waals surface area contributed by atoms with E-state index in [0.717, 1.165) is 25.6 Å². The first-order valence-corrected chi connectivity index (χ1v) is 7.26. The Morgan fingerprint density at radius 1 is 1.32 bits per heavy atom. The second-order valence-electron chi connectivity index (χ2n) is 5.15. The second kappa shape index (κ2) is 5.27. The van der Waals surface area contributed by atoms with Gasteiger partial charge in [-0.3, -0.25) is 9.69 Å². The van der Waals surface area contributed by atoms with Crippen molar-refractivity contribution in [2.24, 2.45) is 0 Å². The zero-order valence-electron chi connectivity index (χ0n) is 10.4. The maximum Gasteiger partial charge on any atom is 0.271 e. The summed E-state index contributed by atoms with van der Waals surface area (Å²) < 4.78 is 0. The summed E-state index contributed by atoms with van der Waals surface area (Å²) in [5.41, 5.74) is 0.207. The summed E-state index contributed by atoms with van der Waals surface area (Å²) in [5.74, 6) is -0.241. The van der Waals surface area contributed by atoms with Crippen LogP contribution in [0.15, 0.2) is 12.1 Å². The molecule has 1 aromatic rings. The lowest BCUT2D eigenvalue weighted by atomic mass is 10.2. The fourth-order valence-electron chi connectivity index (χ4n) is 2.51. The van der Waals surface area contributed by atoms with Gasteiger partial charge < -0.3 is 5.32 Å². The summed E-state index contributed by atoms with van der Waals surface area (Å²) in [6.07, 6.45) is 3.57. The van der Waals surface area contributed by atoms with Crippen LogP contribution >= 0.6 is 23.2 Å². The molecular weight excluding hydrogens is 285 g/mol. The van der Waals surface area contributed by atoms with Crippen LogP contribution in [-0.4, -0.2) is 41.0 Å². The van der Waals surface area contributed by atoms with Crippen molar-refractivity contribution in [2.45, 2.75) is 31.3 Å². The highest BCUT2D eigenvalue weighted by molar-refractivity contribution is 6.34. The Bertz CT molecular complexity index is 505. The smallest absolute Gasteiger partial charge is 0.271 e. The largest absolute Gasteiger partial charge is 0.347 e. The van der Waals surface area contributed by atoms with Crippen molar-refractivity contribution in [3.63, 3.8) is 0 Å². The van der Waals surface area contributed by atoms with Crippen molar-refractivity contribution in [3.05, 3.63) is 28.0 Å². The summed E-state index contributed by atoms with van der Waals surface area (Å²) in [5, 5.41) is 3.60. The number of carbonyl (C=O) groups excluding carboxylic acids is 1. The Hall–Kier alpha value is -0.840. The molecule has 1 atom stereocenters. The molecule has 2 heterocycles. The predicted octanol–water partition coefficient (Wildman–Crippen LogP) is 2.35. The van der Waals surface area contributed by atoms with Crippen LogP contribution in [-0.2, 0) is 0 Å². The number of likely N-dealkylation sites (tertiary alicyclic amines) is 1. The number of carbonyl (C=O) groups is 1. The molecule has 1 amide bonds. The minimum Gasteiger partial charge on any atom is -0.347 e. The van der Waals surface area contributed by atoms with Gasteiger partial charge in [-0.15, -0.1) is 0 Å². The molecule has 0 spiro atoms. The normalized spacial score (nSPS) is 23.6. The van der Waals surface area contributed by atoms with E-state index in [1.54, 1.807) is 12.1 Å². The summed E-state index contributed by atoms with van der Waals surface area (Å²) >= 11 is 11.8. The van der Waals surface area contributed by atoms with E-state index < -0.39 is 0 Å². The van der Waals surface area contributed by atoms with Gasteiger partial charge >= 0.3 is 0 Å². The summed E-state index contributed by atoms with van der Waals surface area (Å²) in [7, 11) is 0. The Morgan fingerprint density at radius 2 is 2.11 bits per heavy atom. The topological polar surface area (TPSA) is 45.2 Å². The van der Waals surface area contributed by atoms with Crippen molar-refractivity contribution in [3.8, 4) is 0 Å². The van der Waals surface area contributed by atoms with Crippen LogP contribution in [0, 0.1) is 0 Å². The molecule has 1 saturated heterocycles. The van der Waals surface area contributed by atoms with Crippen LogP contribution in [0.2, 0.25) is 10.2 Å². The maximum atomic E-state index is 12.1. The van der Waals surface area contributed by atoms with E-state index in [4.69, 9.17) is 23.2 Å². The number of halogens is 2. The number of rotatable bonds is 3. The van der Waals surface area contributed by atoms with Gasteiger partial charge in [0.2, 0.25) is 0 Å². The van der Waals surface area contributed by atoms with Gasteiger partial charge in [0.15, 0.2) is 0 Å². The molecule has 19 heavy (non-hydrogen) atoms. The van der Waals surface area contributed by atoms with Crippen LogP contribution in [0.1, 0.15) is 29.8 Å². The molecule has 1 N–H and O–H groups in total. The molecule has 1 aromatic heterocycles. The highest BCUT2D eigenvalue weighted by Crippen LogP contribution is 2.29. The van der Waals surface area contributed by atoms with Crippen LogP contribution in [0.5, 0.6) is 0 Å². The average Bonchev–Trinajstić information content (AvgIpc) is 3.13. The second-order valence-corrected chi connectivity index (χ2v) is 5.94. The highest BCUT2D eigenvalue weighted by atomic mass is 35.5. The summed E-state index contributed by atoms with van der Waals surface area (Å²) in [6, 6.07) is 4.10. The number of nitrogens with one attached hydrogen (secondary N) is 1. The Kier molecular flexibility index (Phi) is 3.65. The lowest BCUT2D eigenvalue weighted by Crippen LogP contribution is -2.38. The molecule has 0 aromatic carbocycles. The molecule has 1 aliphatic heterocycles. The quantitative estimate of drug-likeness (QED) is 0.872. The van der Waals surface area contributed by atoms with Crippen LogP contribution in [0.3, 0.4) is 0 Å². The molecule has 6 heteroatoms. The maximum absolute atomic E-state index is 12.1. The third kappa shape index (κ3) is 3.02. The van der Waals surface area contributed by atoms with E-state index >= 15 is 0 Å². The van der Waals surface area contributed by atoms with Gasteiger partial charge in [0, 0.05) is 25.2 Å². The van der Waals surface area contributed by atoms with E-state index in [0.29, 0.717) is 5.02 Å². The van der Waals surface area contributed by atoms with Crippen molar-refractivity contribution >= 4 is 29.1 Å². The molecule has 1 aliphatic carbocycles. The van der Waals surface area contributed by atoms with Gasteiger partial charge in [0.05, 0.1) is 5.02 Å². The fraction of sp³-hybridized carbons (Fsp3) is 0.538. The van der Waals surface area contributed by atoms with Gasteiger partial charge in [-0.05, 0) is 31.4 Å². The van der Waals surface area contributed by atoms with E-state index in [1.165, 1.54) is 12.8 Å². The molecular formula is C13H15Cl2N3O. The number of nitrogens with zero attached hydrogens (tertiary/aromatic N) is 2. The van der Waals surface area contributed by atoms with Gasteiger partial charge in [0.1, 0.15) is 10.8 Å². The SMILES string of the molecule is O=C(NC1CCN(C2CC2)C1)c1nc(Cl)ccc1Cl. The minimum absolute atomic E-state index is 0.185. The molecule has 4 nitrogen and oxygen atoms in total. The minimum atomic E-state index is -0.241. The van der Waals surface area contributed by atoms with Crippen molar-refractivity contribution in [2.75, 3.05) is 13.1 Å². The molecule has 2 fully saturated rings. The Morgan fingerprint density at radius 3 is 2.84 bits per heavy atom. The van der Waals surface area contributed by atoms with Crippen LogP contribution in [0.25, 0.3) is 0 Å². The molecule has 2 aliphatic rings. The standard InChI is InChI=1S/C13H15Cl2N3O/c14-10-3-4-11(15)17-12(10)13(19)16-8-5-6-18(7-8)9-1-2-9/h3-4,8-9H,1-2,5-7H2,(H,16,19). The molecule has 1 unspecified atom stereocenters. The molecule has 0 bridgehead atoms. The Labute approximate surface area is 122 Å². The van der Waals surface area contributed by atoms with Gasteiger partial charge in [0.25, 0.3) is 5.91 Å². The van der Waals surface area contributed by atoms with E-state index in [-0.39, 0.29) is 22.8 Å². The zero-order valence-corrected chi connectivity index (χ0v) is 11.9. The average molecular weight is 300 g/mol.